The van der Waals surface area contributed by atoms with Gasteiger partial charge in [-0.2, -0.15) is 0 Å². The molecule has 5 nitrogen and oxygen atoms in total. The normalized spacial score (nSPS) is 11.1. The van der Waals surface area contributed by atoms with E-state index in [1.165, 1.54) is 0 Å². The van der Waals surface area contributed by atoms with Crippen molar-refractivity contribution in [1.82, 2.24) is 9.97 Å². The minimum absolute atomic E-state index is 0. The SMILES string of the molecule is C[Si](C)(C)CCOCc1[nH]c(C(=O)[O-])nc1Br.[K+]. The molecule has 0 unspecified atom stereocenters. The summed E-state index contributed by atoms with van der Waals surface area (Å²) in [5.41, 5.74) is 0.625. The number of rotatable bonds is 6. The molecular formula is C10H16BrKN2O3Si. The number of aromatic nitrogens is 2. The molecule has 18 heavy (non-hydrogen) atoms. The number of carbonyl (C=O) groups is 1. The second kappa shape index (κ2) is 8.30. The average molecular weight is 359 g/mol. The Bertz CT molecular complexity index is 406. The van der Waals surface area contributed by atoms with Gasteiger partial charge in [0.2, 0.25) is 0 Å². The molecule has 0 aliphatic heterocycles. The molecule has 8 heteroatoms. The number of imidazole rings is 1. The van der Waals surface area contributed by atoms with Gasteiger partial charge in [-0.05, 0) is 22.0 Å². The van der Waals surface area contributed by atoms with Gasteiger partial charge >= 0.3 is 51.4 Å². The Kier molecular flexibility index (Phi) is 8.75. The van der Waals surface area contributed by atoms with Crippen molar-refractivity contribution in [2.45, 2.75) is 32.3 Å². The zero-order valence-corrected chi connectivity index (χ0v) is 16.9. The van der Waals surface area contributed by atoms with Gasteiger partial charge in [-0.1, -0.05) is 19.6 Å². The monoisotopic (exact) mass is 358 g/mol. The molecule has 1 N–H and O–H groups in total. The van der Waals surface area contributed by atoms with E-state index in [9.17, 15) is 9.90 Å². The van der Waals surface area contributed by atoms with Gasteiger partial charge in [0.05, 0.1) is 12.3 Å². The minimum atomic E-state index is -1.32. The number of H-pyrrole nitrogens is 1. The topological polar surface area (TPSA) is 78.0 Å². The first-order valence-corrected chi connectivity index (χ1v) is 9.83. The second-order valence-corrected chi connectivity index (χ2v) is 11.4. The van der Waals surface area contributed by atoms with E-state index in [0.717, 1.165) is 6.04 Å². The molecule has 1 rings (SSSR count). The Balaban J connectivity index is 0.00000289. The van der Waals surface area contributed by atoms with E-state index in [1.807, 2.05) is 0 Å². The molecule has 0 saturated carbocycles. The zero-order chi connectivity index (χ0) is 13.1. The van der Waals surface area contributed by atoms with Crippen LogP contribution in [0.1, 0.15) is 16.3 Å². The van der Waals surface area contributed by atoms with Gasteiger partial charge in [0.25, 0.3) is 0 Å². The number of carboxylic acid groups (broad SMARTS) is 1. The van der Waals surface area contributed by atoms with Gasteiger partial charge in [0.15, 0.2) is 5.82 Å². The predicted octanol–water partition coefficient (Wildman–Crippen LogP) is -1.61. The van der Waals surface area contributed by atoms with Crippen molar-refractivity contribution in [3.05, 3.63) is 16.1 Å². The summed E-state index contributed by atoms with van der Waals surface area (Å²) in [4.78, 5) is 17.0. The van der Waals surface area contributed by atoms with E-state index in [4.69, 9.17) is 4.74 Å². The van der Waals surface area contributed by atoms with Gasteiger partial charge in [-0.3, -0.25) is 0 Å². The van der Waals surface area contributed by atoms with Crippen LogP contribution in [0.3, 0.4) is 0 Å². The molecule has 0 fully saturated rings. The molecule has 1 aromatic heterocycles. The van der Waals surface area contributed by atoms with Crippen molar-refractivity contribution in [3.8, 4) is 0 Å². The number of nitrogens with one attached hydrogen (secondary N) is 1. The first-order chi connectivity index (χ1) is 7.79. The van der Waals surface area contributed by atoms with Crippen LogP contribution in [0.15, 0.2) is 4.60 Å². The number of ether oxygens (including phenoxy) is 1. The van der Waals surface area contributed by atoms with Crippen LogP contribution in [0.25, 0.3) is 0 Å². The Hall–Kier alpha value is 0.973. The van der Waals surface area contributed by atoms with E-state index in [0.29, 0.717) is 23.5 Å². The van der Waals surface area contributed by atoms with E-state index in [-0.39, 0.29) is 57.2 Å². The number of hydrogen-bond acceptors (Lipinski definition) is 4. The first kappa shape index (κ1) is 19.0. The van der Waals surface area contributed by atoms with Crippen LogP contribution in [-0.2, 0) is 11.3 Å². The maximum Gasteiger partial charge on any atom is 1.00 e. The first-order valence-electron chi connectivity index (χ1n) is 5.33. The molecule has 0 aliphatic rings. The Morgan fingerprint density at radius 2 is 2.11 bits per heavy atom. The summed E-state index contributed by atoms with van der Waals surface area (Å²) in [5, 5.41) is 10.6. The van der Waals surface area contributed by atoms with Gasteiger partial charge in [-0.25, -0.2) is 4.98 Å². The number of halogens is 1. The summed E-state index contributed by atoms with van der Waals surface area (Å²) in [6.07, 6.45) is 0. The van der Waals surface area contributed by atoms with Crippen LogP contribution in [0.2, 0.25) is 25.7 Å². The molecule has 0 spiro atoms. The third-order valence-corrected chi connectivity index (χ3v) is 4.52. The number of aromatic amines is 1. The molecule has 0 amide bonds. The van der Waals surface area contributed by atoms with Crippen molar-refractivity contribution in [1.29, 1.82) is 0 Å². The maximum atomic E-state index is 10.6. The Labute approximate surface area is 159 Å². The molecule has 0 aliphatic carbocycles. The van der Waals surface area contributed by atoms with Crippen LogP contribution in [0.4, 0.5) is 0 Å². The minimum Gasteiger partial charge on any atom is -0.542 e. The van der Waals surface area contributed by atoms with E-state index >= 15 is 0 Å². The molecule has 1 heterocycles. The number of hydrogen-bond donors (Lipinski definition) is 1. The Morgan fingerprint density at radius 1 is 1.50 bits per heavy atom. The summed E-state index contributed by atoms with van der Waals surface area (Å²) < 4.78 is 5.95. The third-order valence-electron chi connectivity index (χ3n) is 2.16. The number of nitrogens with zero attached hydrogens (tertiary/aromatic N) is 1. The molecule has 1 aromatic rings. The molecule has 0 atom stereocenters. The van der Waals surface area contributed by atoms with Crippen molar-refractivity contribution in [2.24, 2.45) is 0 Å². The van der Waals surface area contributed by atoms with Crippen LogP contribution in [0, 0.1) is 0 Å². The average Bonchev–Trinajstić information content (AvgIpc) is 2.54. The largest absolute Gasteiger partial charge is 1.00 e. The molecule has 0 aromatic carbocycles. The summed E-state index contributed by atoms with van der Waals surface area (Å²) in [6, 6.07) is 1.08. The predicted molar refractivity (Wildman–Crippen MR) is 68.4 cm³/mol. The van der Waals surface area contributed by atoms with Gasteiger partial charge in [0, 0.05) is 14.7 Å². The van der Waals surface area contributed by atoms with Gasteiger partial charge in [-0.15, -0.1) is 0 Å². The molecule has 0 bridgehead atoms. The third kappa shape index (κ3) is 6.94. The van der Waals surface area contributed by atoms with Crippen LogP contribution in [-0.4, -0.2) is 30.6 Å². The van der Waals surface area contributed by atoms with Crippen molar-refractivity contribution in [2.75, 3.05) is 6.61 Å². The maximum absolute atomic E-state index is 10.6. The van der Waals surface area contributed by atoms with Crippen molar-refractivity contribution in [3.63, 3.8) is 0 Å². The van der Waals surface area contributed by atoms with Gasteiger partial charge < -0.3 is 19.6 Å². The molecule has 0 radical (unpaired) electrons. The fourth-order valence-electron chi connectivity index (χ4n) is 1.13. The summed E-state index contributed by atoms with van der Waals surface area (Å²) in [7, 11) is -1.09. The summed E-state index contributed by atoms with van der Waals surface area (Å²) in [5.74, 6) is -1.50. The van der Waals surface area contributed by atoms with E-state index < -0.39 is 14.0 Å². The van der Waals surface area contributed by atoms with Crippen LogP contribution >= 0.6 is 15.9 Å². The zero-order valence-electron chi connectivity index (χ0n) is 11.2. The number of aromatic carboxylic acids is 1. The second-order valence-electron chi connectivity index (χ2n) is 5.01. The fraction of sp³-hybridized carbons (Fsp3) is 0.600. The standard InChI is InChI=1S/C10H17BrN2O3Si.K/c1-17(2,3)5-4-16-6-7-8(11)13-9(12-7)10(14)15;/h4-6H2,1-3H3,(H,12,13)(H,14,15);/q;+1/p-1. The summed E-state index contributed by atoms with van der Waals surface area (Å²) in [6.45, 7) is 7.83. The molecule has 0 saturated heterocycles. The van der Waals surface area contributed by atoms with Crippen LogP contribution < -0.4 is 56.5 Å². The van der Waals surface area contributed by atoms with E-state index in [1.54, 1.807) is 0 Å². The smallest absolute Gasteiger partial charge is 0.542 e. The molecule has 96 valence electrons. The van der Waals surface area contributed by atoms with Crippen molar-refractivity contribution < 1.29 is 66.0 Å². The quantitative estimate of drug-likeness (QED) is 0.490. The molecular weight excluding hydrogens is 343 g/mol. The van der Waals surface area contributed by atoms with Crippen LogP contribution in [0.5, 0.6) is 0 Å². The Morgan fingerprint density at radius 3 is 2.56 bits per heavy atom. The number of carboxylic acids is 1. The van der Waals surface area contributed by atoms with E-state index in [2.05, 4.69) is 45.5 Å². The fourth-order valence-corrected chi connectivity index (χ4v) is 2.28. The van der Waals surface area contributed by atoms with Crippen molar-refractivity contribution >= 4 is 30.0 Å². The number of carbonyl (C=O) groups excluding carboxylic acids is 1. The summed E-state index contributed by atoms with van der Waals surface area (Å²) >= 11 is 3.17. The van der Waals surface area contributed by atoms with Gasteiger partial charge in [0.1, 0.15) is 10.6 Å².